The standard InChI is InChI=1S/C24H29BrFN7O.C2HF3O2/c1-31-8-10-32(11-9-31)16-19-12-18(6-7-21(19)26)24(34)30-33(15-17-4-2-3-5-17)23-20(25)14-28-22(13-27)29-23;3-2(4,5)1(6)7/h6-7,12,14,17H,2-5,8-11,15-16H2,1H3,(H,30,34);(H,6,7). The van der Waals surface area contributed by atoms with Crippen LogP contribution >= 0.6 is 15.9 Å². The van der Waals surface area contributed by atoms with E-state index in [1.54, 1.807) is 11.1 Å². The Balaban J connectivity index is 0.000000587. The number of aliphatic carboxylic acids is 1. The Morgan fingerprint density at radius 3 is 2.44 bits per heavy atom. The number of carboxylic acid groups (broad SMARTS) is 1. The molecular weight excluding hydrogens is 614 g/mol. The smallest absolute Gasteiger partial charge is 0.475 e. The fraction of sp³-hybridized carbons (Fsp3) is 0.500. The highest BCUT2D eigenvalue weighted by Gasteiger charge is 2.38. The molecule has 0 unspecified atom stereocenters. The van der Waals surface area contributed by atoms with Crippen molar-refractivity contribution in [1.82, 2.24) is 25.2 Å². The van der Waals surface area contributed by atoms with Gasteiger partial charge in [0, 0.05) is 56.6 Å². The minimum Gasteiger partial charge on any atom is -0.475 e. The fourth-order valence-electron chi connectivity index (χ4n) is 4.51. The Hall–Kier alpha value is -3.35. The number of carbonyl (C=O) groups is 2. The summed E-state index contributed by atoms with van der Waals surface area (Å²) in [7, 11) is 2.08. The van der Waals surface area contributed by atoms with Gasteiger partial charge in [0.05, 0.1) is 4.47 Å². The number of hydrazine groups is 1. The number of benzene rings is 1. The van der Waals surface area contributed by atoms with Gasteiger partial charge in [0.1, 0.15) is 11.9 Å². The van der Waals surface area contributed by atoms with Crippen molar-refractivity contribution in [2.45, 2.75) is 38.4 Å². The van der Waals surface area contributed by atoms with Gasteiger partial charge < -0.3 is 10.0 Å². The molecule has 1 aliphatic carbocycles. The fourth-order valence-corrected chi connectivity index (χ4v) is 4.91. The summed E-state index contributed by atoms with van der Waals surface area (Å²) in [6.45, 7) is 4.65. The van der Waals surface area contributed by atoms with Crippen molar-refractivity contribution in [2.24, 2.45) is 5.92 Å². The third-order valence-electron chi connectivity index (χ3n) is 6.77. The minimum absolute atomic E-state index is 0.0279. The molecule has 0 spiro atoms. The molecule has 15 heteroatoms. The number of carboxylic acids is 1. The highest BCUT2D eigenvalue weighted by Crippen LogP contribution is 2.29. The van der Waals surface area contributed by atoms with E-state index >= 15 is 0 Å². The first-order valence-electron chi connectivity index (χ1n) is 12.9. The first-order valence-corrected chi connectivity index (χ1v) is 13.7. The summed E-state index contributed by atoms with van der Waals surface area (Å²) in [5, 5.41) is 18.1. The van der Waals surface area contributed by atoms with Gasteiger partial charge in [-0.3, -0.25) is 20.1 Å². The lowest BCUT2D eigenvalue weighted by atomic mass is 10.1. The molecule has 0 bridgehead atoms. The van der Waals surface area contributed by atoms with Gasteiger partial charge in [0.2, 0.25) is 5.82 Å². The molecule has 1 saturated carbocycles. The van der Waals surface area contributed by atoms with Gasteiger partial charge in [0.15, 0.2) is 5.82 Å². The second-order valence-corrected chi connectivity index (χ2v) is 10.7. The molecule has 10 nitrogen and oxygen atoms in total. The van der Waals surface area contributed by atoms with E-state index in [4.69, 9.17) is 9.90 Å². The van der Waals surface area contributed by atoms with Gasteiger partial charge >= 0.3 is 12.1 Å². The average Bonchev–Trinajstić information content (AvgIpc) is 3.44. The highest BCUT2D eigenvalue weighted by molar-refractivity contribution is 9.10. The lowest BCUT2D eigenvalue weighted by Gasteiger charge is -2.32. The Labute approximate surface area is 243 Å². The summed E-state index contributed by atoms with van der Waals surface area (Å²) in [5.74, 6) is -2.54. The Morgan fingerprint density at radius 1 is 1.22 bits per heavy atom. The van der Waals surface area contributed by atoms with E-state index in [9.17, 15) is 27.6 Å². The molecule has 2 heterocycles. The molecule has 2 aliphatic rings. The zero-order chi connectivity index (χ0) is 30.2. The third-order valence-corrected chi connectivity index (χ3v) is 7.33. The van der Waals surface area contributed by atoms with Crippen molar-refractivity contribution >= 4 is 33.6 Å². The van der Waals surface area contributed by atoms with Gasteiger partial charge in [-0.1, -0.05) is 12.8 Å². The van der Waals surface area contributed by atoms with Gasteiger partial charge in [0.25, 0.3) is 5.91 Å². The number of hydrogen-bond donors (Lipinski definition) is 2. The maximum Gasteiger partial charge on any atom is 0.490 e. The van der Waals surface area contributed by atoms with E-state index in [-0.39, 0.29) is 17.5 Å². The molecule has 4 rings (SSSR count). The summed E-state index contributed by atoms with van der Waals surface area (Å²) < 4.78 is 46.9. The van der Waals surface area contributed by atoms with Crippen molar-refractivity contribution in [3.8, 4) is 6.07 Å². The number of nitrogens with zero attached hydrogens (tertiary/aromatic N) is 6. The Kier molecular flexibility index (Phi) is 11.4. The van der Waals surface area contributed by atoms with Gasteiger partial charge in [-0.2, -0.15) is 23.4 Å². The molecule has 222 valence electrons. The Morgan fingerprint density at radius 2 is 1.85 bits per heavy atom. The van der Waals surface area contributed by atoms with Crippen LogP contribution < -0.4 is 10.4 Å². The van der Waals surface area contributed by atoms with E-state index in [0.29, 0.717) is 40.4 Å². The van der Waals surface area contributed by atoms with Crippen LogP contribution in [0.5, 0.6) is 0 Å². The molecular formula is C26H30BrF4N7O3. The number of anilines is 1. The molecule has 41 heavy (non-hydrogen) atoms. The van der Waals surface area contributed by atoms with Crippen LogP contribution in [0, 0.1) is 23.1 Å². The van der Waals surface area contributed by atoms with E-state index in [2.05, 4.69) is 48.2 Å². The highest BCUT2D eigenvalue weighted by atomic mass is 79.9. The number of nitrogens with one attached hydrogen (secondary N) is 1. The van der Waals surface area contributed by atoms with Gasteiger partial charge in [-0.05, 0) is 59.9 Å². The zero-order valence-electron chi connectivity index (χ0n) is 22.3. The number of amides is 1. The summed E-state index contributed by atoms with van der Waals surface area (Å²) in [6.07, 6.45) is 0.904. The predicted octanol–water partition coefficient (Wildman–Crippen LogP) is 3.97. The first kappa shape index (κ1) is 32.2. The summed E-state index contributed by atoms with van der Waals surface area (Å²) in [6, 6.07) is 6.44. The van der Waals surface area contributed by atoms with Crippen molar-refractivity contribution in [2.75, 3.05) is 44.8 Å². The number of halogens is 5. The number of rotatable bonds is 7. The van der Waals surface area contributed by atoms with Crippen LogP contribution in [0.2, 0.25) is 0 Å². The topological polar surface area (TPSA) is 126 Å². The van der Waals surface area contributed by atoms with Crippen LogP contribution in [-0.2, 0) is 11.3 Å². The van der Waals surface area contributed by atoms with Crippen molar-refractivity contribution in [1.29, 1.82) is 5.26 Å². The molecule has 2 fully saturated rings. The van der Waals surface area contributed by atoms with Crippen LogP contribution in [0.15, 0.2) is 28.9 Å². The van der Waals surface area contributed by atoms with Crippen LogP contribution in [0.3, 0.4) is 0 Å². The molecule has 2 N–H and O–H groups in total. The lowest BCUT2D eigenvalue weighted by molar-refractivity contribution is -0.192. The second-order valence-electron chi connectivity index (χ2n) is 9.87. The number of likely N-dealkylation sites (N-methyl/N-ethyl adjacent to an activating group) is 1. The van der Waals surface area contributed by atoms with E-state index < -0.39 is 12.1 Å². The van der Waals surface area contributed by atoms with E-state index in [1.807, 2.05) is 6.07 Å². The van der Waals surface area contributed by atoms with Crippen LogP contribution in [-0.4, -0.2) is 82.7 Å². The molecule has 0 atom stereocenters. The summed E-state index contributed by atoms with van der Waals surface area (Å²) in [4.78, 5) is 34.9. The van der Waals surface area contributed by atoms with E-state index in [0.717, 1.165) is 51.9 Å². The summed E-state index contributed by atoms with van der Waals surface area (Å²) in [5.41, 5.74) is 3.84. The number of hydrogen-bond acceptors (Lipinski definition) is 8. The largest absolute Gasteiger partial charge is 0.490 e. The third kappa shape index (κ3) is 9.61. The zero-order valence-corrected chi connectivity index (χ0v) is 23.9. The molecule has 2 aromatic rings. The molecule has 0 radical (unpaired) electrons. The number of carbonyl (C=O) groups excluding carboxylic acids is 1. The first-order chi connectivity index (χ1) is 19.4. The lowest BCUT2D eigenvalue weighted by Crippen LogP contribution is -2.45. The molecule has 1 aromatic heterocycles. The molecule has 1 aromatic carbocycles. The monoisotopic (exact) mass is 643 g/mol. The Bertz CT molecular complexity index is 1260. The number of piperazine rings is 1. The van der Waals surface area contributed by atoms with Crippen molar-refractivity contribution < 1.29 is 32.3 Å². The van der Waals surface area contributed by atoms with Crippen molar-refractivity contribution in [3.05, 3.63) is 51.6 Å². The average molecular weight is 644 g/mol. The van der Waals surface area contributed by atoms with Crippen LogP contribution in [0.25, 0.3) is 0 Å². The number of nitriles is 1. The maximum atomic E-state index is 14.6. The minimum atomic E-state index is -5.08. The summed E-state index contributed by atoms with van der Waals surface area (Å²) >= 11 is 3.45. The normalized spacial score (nSPS) is 16.4. The van der Waals surface area contributed by atoms with Gasteiger partial charge in [-0.15, -0.1) is 0 Å². The predicted molar refractivity (Wildman–Crippen MR) is 144 cm³/mol. The van der Waals surface area contributed by atoms with Crippen LogP contribution in [0.4, 0.5) is 23.4 Å². The van der Waals surface area contributed by atoms with Crippen molar-refractivity contribution in [3.63, 3.8) is 0 Å². The quantitative estimate of drug-likeness (QED) is 0.340. The SMILES string of the molecule is CN1CCN(Cc2cc(C(=O)NN(CC3CCCC3)c3nc(C#N)ncc3Br)ccc2F)CC1.O=C(O)C(F)(F)F. The second kappa shape index (κ2) is 14.5. The van der Waals surface area contributed by atoms with Crippen LogP contribution in [0.1, 0.15) is 47.4 Å². The maximum absolute atomic E-state index is 14.6. The molecule has 1 saturated heterocycles. The molecule has 1 aliphatic heterocycles. The number of aromatic nitrogens is 2. The van der Waals surface area contributed by atoms with E-state index in [1.165, 1.54) is 18.3 Å². The molecule has 1 amide bonds. The number of alkyl halides is 3. The van der Waals surface area contributed by atoms with Gasteiger partial charge in [-0.25, -0.2) is 14.2 Å².